The fraction of sp³-hybridized carbons (Fsp3) is 0.611. The molecule has 126 valence electrons. The lowest BCUT2D eigenvalue weighted by molar-refractivity contribution is 0.0159. The Hall–Kier alpha value is -1.43. The number of likely N-dealkylation sites (tertiary alicyclic amines) is 1. The van der Waals surface area contributed by atoms with Crippen LogP contribution in [-0.2, 0) is 4.74 Å². The Balaban J connectivity index is 1.65. The molecule has 0 saturated carbocycles. The van der Waals surface area contributed by atoms with Gasteiger partial charge in [0.05, 0.1) is 23.7 Å². The molecule has 5 heteroatoms. The van der Waals surface area contributed by atoms with Gasteiger partial charge >= 0.3 is 0 Å². The van der Waals surface area contributed by atoms with Crippen LogP contribution in [0, 0.1) is 6.92 Å². The van der Waals surface area contributed by atoms with Gasteiger partial charge in [0.25, 0.3) is 0 Å². The van der Waals surface area contributed by atoms with Gasteiger partial charge in [-0.1, -0.05) is 6.07 Å². The number of aryl methyl sites for hydroxylation is 1. The number of imidazole rings is 1. The van der Waals surface area contributed by atoms with Gasteiger partial charge in [-0.05, 0) is 50.9 Å². The van der Waals surface area contributed by atoms with Crippen molar-refractivity contribution in [2.24, 2.45) is 0 Å². The molecule has 1 aromatic heterocycles. The van der Waals surface area contributed by atoms with Crippen LogP contribution in [0.15, 0.2) is 18.2 Å². The molecular formula is C18H27N3O2. The second kappa shape index (κ2) is 7.43. The van der Waals surface area contributed by atoms with Crippen molar-refractivity contribution in [3.05, 3.63) is 29.6 Å². The molecule has 0 spiro atoms. The van der Waals surface area contributed by atoms with Crippen molar-refractivity contribution in [2.75, 3.05) is 32.8 Å². The van der Waals surface area contributed by atoms with Gasteiger partial charge in [0.1, 0.15) is 5.82 Å². The first-order valence-corrected chi connectivity index (χ1v) is 8.60. The molecule has 1 saturated heterocycles. The summed E-state index contributed by atoms with van der Waals surface area (Å²) in [4.78, 5) is 10.6. The minimum Gasteiger partial charge on any atom is -0.389 e. The monoisotopic (exact) mass is 317 g/mol. The summed E-state index contributed by atoms with van der Waals surface area (Å²) < 4.78 is 5.30. The number of aromatic nitrogens is 2. The standard InChI is InChI=1S/C18H27N3O2/c1-3-23-12-15(22)11-21-8-4-5-14(10-21)18-19-16-7-6-13(2)9-17(16)20-18/h6-7,9,14-15,22H,3-5,8,10-12H2,1-2H3,(H,19,20)/t14-,15-/m0/s1. The largest absolute Gasteiger partial charge is 0.389 e. The van der Waals surface area contributed by atoms with Crippen LogP contribution in [0.2, 0.25) is 0 Å². The normalized spacial score (nSPS) is 20.9. The summed E-state index contributed by atoms with van der Waals surface area (Å²) in [6.45, 7) is 7.78. The number of aliphatic hydroxyl groups is 1. The topological polar surface area (TPSA) is 61.4 Å². The van der Waals surface area contributed by atoms with E-state index in [9.17, 15) is 5.11 Å². The molecule has 2 aromatic rings. The number of nitrogens with zero attached hydrogens (tertiary/aromatic N) is 2. The van der Waals surface area contributed by atoms with Crippen molar-refractivity contribution < 1.29 is 9.84 Å². The first-order valence-electron chi connectivity index (χ1n) is 8.60. The predicted molar refractivity (Wildman–Crippen MR) is 91.7 cm³/mol. The van der Waals surface area contributed by atoms with E-state index in [1.165, 1.54) is 5.56 Å². The molecule has 5 nitrogen and oxygen atoms in total. The Kier molecular flexibility index (Phi) is 5.30. The number of aromatic amines is 1. The fourth-order valence-corrected chi connectivity index (χ4v) is 3.39. The number of aliphatic hydroxyl groups excluding tert-OH is 1. The molecule has 0 radical (unpaired) electrons. The van der Waals surface area contributed by atoms with Crippen molar-refractivity contribution >= 4 is 11.0 Å². The SMILES string of the molecule is CCOC[C@@H](O)CN1CCC[C@H](c2nc3ccc(C)cc3[nH]2)C1. The molecule has 2 N–H and O–H groups in total. The average molecular weight is 317 g/mol. The number of rotatable bonds is 6. The number of benzene rings is 1. The average Bonchev–Trinajstić information content (AvgIpc) is 2.96. The van der Waals surface area contributed by atoms with E-state index < -0.39 is 6.10 Å². The first kappa shape index (κ1) is 16.4. The van der Waals surface area contributed by atoms with Crippen molar-refractivity contribution in [1.82, 2.24) is 14.9 Å². The van der Waals surface area contributed by atoms with Crippen molar-refractivity contribution in [2.45, 2.75) is 38.7 Å². The van der Waals surface area contributed by atoms with Crippen LogP contribution >= 0.6 is 0 Å². The first-order chi connectivity index (χ1) is 11.2. The van der Waals surface area contributed by atoms with E-state index in [0.29, 0.717) is 25.7 Å². The zero-order valence-corrected chi connectivity index (χ0v) is 14.1. The highest BCUT2D eigenvalue weighted by Crippen LogP contribution is 2.27. The highest BCUT2D eigenvalue weighted by molar-refractivity contribution is 5.75. The summed E-state index contributed by atoms with van der Waals surface area (Å²) in [5.74, 6) is 1.49. The lowest BCUT2D eigenvalue weighted by atomic mass is 9.97. The minimum absolute atomic E-state index is 0.410. The van der Waals surface area contributed by atoms with Crippen molar-refractivity contribution in [3.63, 3.8) is 0 Å². The number of ether oxygens (including phenoxy) is 1. The molecule has 2 atom stereocenters. The molecule has 1 fully saturated rings. The van der Waals surface area contributed by atoms with Crippen LogP contribution in [0.25, 0.3) is 11.0 Å². The van der Waals surface area contributed by atoms with Crippen molar-refractivity contribution in [3.8, 4) is 0 Å². The molecule has 0 aliphatic carbocycles. The number of β-amino-alcohol motifs (C(OH)–C–C–N with tert-alkyl or cyclic N) is 1. The van der Waals surface area contributed by atoms with E-state index in [-0.39, 0.29) is 0 Å². The lowest BCUT2D eigenvalue weighted by Gasteiger charge is -2.33. The van der Waals surface area contributed by atoms with Gasteiger partial charge in [0.2, 0.25) is 0 Å². The number of fused-ring (bicyclic) bond motifs is 1. The van der Waals surface area contributed by atoms with Crippen LogP contribution in [0.4, 0.5) is 0 Å². The van der Waals surface area contributed by atoms with E-state index in [0.717, 1.165) is 42.8 Å². The molecule has 0 amide bonds. The maximum absolute atomic E-state index is 10.0. The third-order valence-corrected chi connectivity index (χ3v) is 4.53. The van der Waals surface area contributed by atoms with Crippen LogP contribution in [0.5, 0.6) is 0 Å². The van der Waals surface area contributed by atoms with Crippen LogP contribution in [-0.4, -0.2) is 58.9 Å². The zero-order chi connectivity index (χ0) is 16.2. The minimum atomic E-state index is -0.410. The summed E-state index contributed by atoms with van der Waals surface area (Å²) in [6, 6.07) is 6.33. The van der Waals surface area contributed by atoms with Crippen LogP contribution < -0.4 is 0 Å². The lowest BCUT2D eigenvalue weighted by Crippen LogP contribution is -2.41. The van der Waals surface area contributed by atoms with E-state index >= 15 is 0 Å². The molecule has 23 heavy (non-hydrogen) atoms. The molecule has 0 unspecified atom stereocenters. The maximum Gasteiger partial charge on any atom is 0.111 e. The fourth-order valence-electron chi connectivity index (χ4n) is 3.39. The van der Waals surface area contributed by atoms with E-state index in [1.807, 2.05) is 6.92 Å². The van der Waals surface area contributed by atoms with E-state index in [4.69, 9.17) is 9.72 Å². The molecule has 3 rings (SSSR count). The summed E-state index contributed by atoms with van der Waals surface area (Å²) in [5, 5.41) is 10.0. The number of piperidine rings is 1. The van der Waals surface area contributed by atoms with Gasteiger partial charge < -0.3 is 14.8 Å². The summed E-state index contributed by atoms with van der Waals surface area (Å²) >= 11 is 0. The molecular weight excluding hydrogens is 290 g/mol. The summed E-state index contributed by atoms with van der Waals surface area (Å²) in [5.41, 5.74) is 3.41. The van der Waals surface area contributed by atoms with Gasteiger partial charge in [-0.2, -0.15) is 0 Å². The Bertz CT molecular complexity index is 640. The van der Waals surface area contributed by atoms with Crippen LogP contribution in [0.3, 0.4) is 0 Å². The van der Waals surface area contributed by atoms with E-state index in [2.05, 4.69) is 35.0 Å². The second-order valence-electron chi connectivity index (χ2n) is 6.55. The van der Waals surface area contributed by atoms with E-state index in [1.54, 1.807) is 0 Å². The second-order valence-corrected chi connectivity index (χ2v) is 6.55. The zero-order valence-electron chi connectivity index (χ0n) is 14.1. The highest BCUT2D eigenvalue weighted by Gasteiger charge is 2.25. The quantitative estimate of drug-likeness (QED) is 0.859. The van der Waals surface area contributed by atoms with Gasteiger partial charge in [-0.25, -0.2) is 4.98 Å². The third kappa shape index (κ3) is 4.10. The summed E-state index contributed by atoms with van der Waals surface area (Å²) in [7, 11) is 0. The number of hydrogen-bond donors (Lipinski definition) is 2. The van der Waals surface area contributed by atoms with Gasteiger partial charge in [0, 0.05) is 25.6 Å². The number of hydrogen-bond acceptors (Lipinski definition) is 4. The molecule has 1 aromatic carbocycles. The Morgan fingerprint density at radius 3 is 3.17 bits per heavy atom. The molecule has 0 bridgehead atoms. The van der Waals surface area contributed by atoms with Crippen molar-refractivity contribution in [1.29, 1.82) is 0 Å². The Morgan fingerprint density at radius 1 is 1.48 bits per heavy atom. The Labute approximate surface area is 137 Å². The predicted octanol–water partition coefficient (Wildman–Crippen LogP) is 2.45. The maximum atomic E-state index is 10.0. The summed E-state index contributed by atoms with van der Waals surface area (Å²) in [6.07, 6.45) is 1.88. The number of H-pyrrole nitrogens is 1. The highest BCUT2D eigenvalue weighted by atomic mass is 16.5. The van der Waals surface area contributed by atoms with Gasteiger partial charge in [-0.3, -0.25) is 4.90 Å². The molecule has 1 aliphatic rings. The Morgan fingerprint density at radius 2 is 2.35 bits per heavy atom. The third-order valence-electron chi connectivity index (χ3n) is 4.53. The van der Waals surface area contributed by atoms with Gasteiger partial charge in [0.15, 0.2) is 0 Å². The number of nitrogens with one attached hydrogen (secondary N) is 1. The molecule has 1 aliphatic heterocycles. The molecule has 2 heterocycles. The van der Waals surface area contributed by atoms with Gasteiger partial charge in [-0.15, -0.1) is 0 Å². The smallest absolute Gasteiger partial charge is 0.111 e. The van der Waals surface area contributed by atoms with Crippen LogP contribution in [0.1, 0.15) is 37.1 Å².